The van der Waals surface area contributed by atoms with Crippen LogP contribution in [0.2, 0.25) is 0 Å². The molecule has 0 aromatic heterocycles. The van der Waals surface area contributed by atoms with Gasteiger partial charge in [-0.25, -0.2) is 0 Å². The highest BCUT2D eigenvalue weighted by Crippen LogP contribution is 2.31. The summed E-state index contributed by atoms with van der Waals surface area (Å²) < 4.78 is 11.4. The van der Waals surface area contributed by atoms with E-state index in [1.54, 1.807) is 0 Å². The molecule has 1 heterocycles. The molecule has 126 valence electrons. The van der Waals surface area contributed by atoms with Gasteiger partial charge in [-0.15, -0.1) is 0 Å². The molecule has 4 nitrogen and oxygen atoms in total. The first-order valence-corrected chi connectivity index (χ1v) is 8.38. The standard InChI is InChI=1S/C21H19NO3/c1-14(16-11-10-15-6-2-3-7-17(15)12-16)22-21(23)20-13-24-18-8-4-5-9-19(18)25-20/h2-12,14,20H,13H2,1H3,(H,22,23)/t14-,20+/m0/s1. The van der Waals surface area contributed by atoms with Gasteiger partial charge in [0, 0.05) is 0 Å². The third kappa shape index (κ3) is 3.15. The van der Waals surface area contributed by atoms with E-state index >= 15 is 0 Å². The van der Waals surface area contributed by atoms with Crippen LogP contribution in [0.5, 0.6) is 11.5 Å². The van der Waals surface area contributed by atoms with E-state index in [9.17, 15) is 4.79 Å². The molecule has 1 aliphatic rings. The van der Waals surface area contributed by atoms with Gasteiger partial charge in [-0.2, -0.15) is 0 Å². The Labute approximate surface area is 146 Å². The van der Waals surface area contributed by atoms with Crippen molar-refractivity contribution >= 4 is 16.7 Å². The molecule has 3 aromatic carbocycles. The number of nitrogens with one attached hydrogen (secondary N) is 1. The normalized spacial score (nSPS) is 17.1. The van der Waals surface area contributed by atoms with Crippen molar-refractivity contribution in [3.05, 3.63) is 72.3 Å². The first-order valence-electron chi connectivity index (χ1n) is 8.38. The fourth-order valence-corrected chi connectivity index (χ4v) is 3.02. The number of hydrogen-bond donors (Lipinski definition) is 1. The van der Waals surface area contributed by atoms with Crippen LogP contribution in [0.3, 0.4) is 0 Å². The van der Waals surface area contributed by atoms with E-state index in [2.05, 4.69) is 29.6 Å². The zero-order valence-electron chi connectivity index (χ0n) is 13.9. The zero-order chi connectivity index (χ0) is 17.2. The molecule has 0 fully saturated rings. The fourth-order valence-electron chi connectivity index (χ4n) is 3.02. The molecule has 1 aliphatic heterocycles. The highest BCUT2D eigenvalue weighted by Gasteiger charge is 2.28. The SMILES string of the molecule is C[C@H](NC(=O)[C@H]1COc2ccccc2O1)c1ccc2ccccc2c1. The molecular formula is C21H19NO3. The van der Waals surface area contributed by atoms with Gasteiger partial charge in [0.25, 0.3) is 5.91 Å². The summed E-state index contributed by atoms with van der Waals surface area (Å²) in [4.78, 5) is 12.5. The Morgan fingerprint density at radius 1 is 1.00 bits per heavy atom. The number of rotatable bonds is 3. The summed E-state index contributed by atoms with van der Waals surface area (Å²) in [5, 5.41) is 5.36. The maximum absolute atomic E-state index is 12.5. The summed E-state index contributed by atoms with van der Waals surface area (Å²) in [5.41, 5.74) is 1.06. The van der Waals surface area contributed by atoms with Gasteiger partial charge in [0.15, 0.2) is 11.5 Å². The van der Waals surface area contributed by atoms with E-state index < -0.39 is 6.10 Å². The third-order valence-electron chi connectivity index (χ3n) is 4.43. The van der Waals surface area contributed by atoms with Gasteiger partial charge in [-0.05, 0) is 41.5 Å². The van der Waals surface area contributed by atoms with Crippen molar-refractivity contribution in [2.75, 3.05) is 6.61 Å². The minimum atomic E-state index is -0.641. The van der Waals surface area contributed by atoms with E-state index in [4.69, 9.17) is 9.47 Å². The molecule has 4 rings (SSSR count). The maximum Gasteiger partial charge on any atom is 0.265 e. The lowest BCUT2D eigenvalue weighted by molar-refractivity contribution is -0.131. The van der Waals surface area contributed by atoms with Gasteiger partial charge in [0.2, 0.25) is 6.10 Å². The molecule has 0 saturated heterocycles. The second-order valence-electron chi connectivity index (χ2n) is 6.20. The van der Waals surface area contributed by atoms with Crippen LogP contribution in [-0.2, 0) is 4.79 Å². The fraction of sp³-hybridized carbons (Fsp3) is 0.190. The molecule has 3 aromatic rings. The Balaban J connectivity index is 1.46. The zero-order valence-corrected chi connectivity index (χ0v) is 13.9. The molecule has 25 heavy (non-hydrogen) atoms. The molecule has 0 radical (unpaired) electrons. The Morgan fingerprint density at radius 3 is 2.56 bits per heavy atom. The van der Waals surface area contributed by atoms with E-state index in [0.717, 1.165) is 10.9 Å². The predicted molar refractivity (Wildman–Crippen MR) is 96.9 cm³/mol. The third-order valence-corrected chi connectivity index (χ3v) is 4.43. The predicted octanol–water partition coefficient (Wildman–Crippen LogP) is 3.86. The largest absolute Gasteiger partial charge is 0.485 e. The quantitative estimate of drug-likeness (QED) is 0.792. The van der Waals surface area contributed by atoms with Crippen LogP contribution in [0.1, 0.15) is 18.5 Å². The van der Waals surface area contributed by atoms with Crippen molar-refractivity contribution in [3.63, 3.8) is 0 Å². The lowest BCUT2D eigenvalue weighted by Crippen LogP contribution is -2.44. The number of hydrogen-bond acceptors (Lipinski definition) is 3. The van der Waals surface area contributed by atoms with Gasteiger partial charge in [0.1, 0.15) is 6.61 Å². The van der Waals surface area contributed by atoms with Crippen LogP contribution in [-0.4, -0.2) is 18.6 Å². The maximum atomic E-state index is 12.5. The number of ether oxygens (including phenoxy) is 2. The first kappa shape index (κ1) is 15.5. The molecule has 0 saturated carbocycles. The molecule has 4 heteroatoms. The molecular weight excluding hydrogens is 314 g/mol. The molecule has 0 spiro atoms. The van der Waals surface area contributed by atoms with Crippen LogP contribution in [0.4, 0.5) is 0 Å². The van der Waals surface area contributed by atoms with E-state index in [1.807, 2.05) is 49.4 Å². The van der Waals surface area contributed by atoms with Gasteiger partial charge in [-0.1, -0.05) is 48.5 Å². The van der Waals surface area contributed by atoms with Gasteiger partial charge in [-0.3, -0.25) is 4.79 Å². The van der Waals surface area contributed by atoms with Crippen molar-refractivity contribution in [1.29, 1.82) is 0 Å². The number of carbonyl (C=O) groups excluding carboxylic acids is 1. The minimum absolute atomic E-state index is 0.113. The number of carbonyl (C=O) groups is 1. The lowest BCUT2D eigenvalue weighted by atomic mass is 10.0. The van der Waals surface area contributed by atoms with Gasteiger partial charge >= 0.3 is 0 Å². The highest BCUT2D eigenvalue weighted by atomic mass is 16.6. The van der Waals surface area contributed by atoms with Crippen LogP contribution in [0, 0.1) is 0 Å². The van der Waals surface area contributed by atoms with E-state index in [-0.39, 0.29) is 18.6 Å². The summed E-state index contributed by atoms with van der Waals surface area (Å²) >= 11 is 0. The summed E-state index contributed by atoms with van der Waals surface area (Å²) in [6.45, 7) is 2.19. The highest BCUT2D eigenvalue weighted by molar-refractivity contribution is 5.84. The summed E-state index contributed by atoms with van der Waals surface area (Å²) in [5.74, 6) is 1.11. The minimum Gasteiger partial charge on any atom is -0.485 e. The van der Waals surface area contributed by atoms with Crippen LogP contribution in [0.15, 0.2) is 66.7 Å². The van der Waals surface area contributed by atoms with Crippen LogP contribution in [0.25, 0.3) is 10.8 Å². The Bertz CT molecular complexity index is 922. The van der Waals surface area contributed by atoms with Crippen LogP contribution >= 0.6 is 0 Å². The molecule has 0 bridgehead atoms. The molecule has 1 N–H and O–H groups in total. The second-order valence-corrected chi connectivity index (χ2v) is 6.20. The summed E-state index contributed by atoms with van der Waals surface area (Å²) in [7, 11) is 0. The van der Waals surface area contributed by atoms with Crippen LogP contribution < -0.4 is 14.8 Å². The smallest absolute Gasteiger partial charge is 0.265 e. The Kier molecular flexibility index (Phi) is 4.02. The van der Waals surface area contributed by atoms with Gasteiger partial charge < -0.3 is 14.8 Å². The molecule has 0 aliphatic carbocycles. The Morgan fingerprint density at radius 2 is 1.72 bits per heavy atom. The van der Waals surface area contributed by atoms with Crippen molar-refractivity contribution in [2.45, 2.75) is 19.1 Å². The number of para-hydroxylation sites is 2. The van der Waals surface area contributed by atoms with Crippen molar-refractivity contribution in [2.24, 2.45) is 0 Å². The number of amides is 1. The summed E-state index contributed by atoms with van der Waals surface area (Å²) in [6.07, 6.45) is -0.641. The van der Waals surface area contributed by atoms with Crippen molar-refractivity contribution < 1.29 is 14.3 Å². The summed E-state index contributed by atoms with van der Waals surface area (Å²) in [6, 6.07) is 21.7. The molecule has 2 atom stereocenters. The van der Waals surface area contributed by atoms with Crippen molar-refractivity contribution in [3.8, 4) is 11.5 Å². The van der Waals surface area contributed by atoms with E-state index in [0.29, 0.717) is 11.5 Å². The average Bonchev–Trinajstić information content (AvgIpc) is 2.67. The number of benzene rings is 3. The first-order chi connectivity index (χ1) is 12.2. The second kappa shape index (κ2) is 6.48. The average molecular weight is 333 g/mol. The molecule has 0 unspecified atom stereocenters. The number of fused-ring (bicyclic) bond motifs is 2. The van der Waals surface area contributed by atoms with Crippen molar-refractivity contribution in [1.82, 2.24) is 5.32 Å². The lowest BCUT2D eigenvalue weighted by Gasteiger charge is -2.27. The van der Waals surface area contributed by atoms with E-state index in [1.165, 1.54) is 5.39 Å². The Hall–Kier alpha value is -3.01. The molecule has 1 amide bonds. The topological polar surface area (TPSA) is 47.6 Å². The monoisotopic (exact) mass is 333 g/mol. The van der Waals surface area contributed by atoms with Gasteiger partial charge in [0.05, 0.1) is 6.04 Å².